The van der Waals surface area contributed by atoms with Crippen LogP contribution in [0.25, 0.3) is 0 Å². The van der Waals surface area contributed by atoms with Gasteiger partial charge in [-0.25, -0.2) is 0 Å². The van der Waals surface area contributed by atoms with Gasteiger partial charge in [-0.15, -0.1) is 0 Å². The fourth-order valence-corrected chi connectivity index (χ4v) is 3.03. The van der Waals surface area contributed by atoms with E-state index in [1.54, 1.807) is 4.90 Å². The molecule has 1 saturated heterocycles. The summed E-state index contributed by atoms with van der Waals surface area (Å²) >= 11 is 0. The van der Waals surface area contributed by atoms with Crippen molar-refractivity contribution in [1.29, 1.82) is 0 Å². The van der Waals surface area contributed by atoms with Crippen LogP contribution in [0.5, 0.6) is 0 Å². The number of halogens is 3. The average Bonchev–Trinajstić information content (AvgIpc) is 2.52. The van der Waals surface area contributed by atoms with Gasteiger partial charge in [0.1, 0.15) is 0 Å². The molecule has 0 bridgehead atoms. The zero-order chi connectivity index (χ0) is 17.7. The second-order valence-electron chi connectivity index (χ2n) is 6.10. The highest BCUT2D eigenvalue weighted by Gasteiger charge is 2.30. The number of nitrogens with two attached hydrogens (primary N) is 1. The van der Waals surface area contributed by atoms with Crippen LogP contribution in [0.2, 0.25) is 0 Å². The molecule has 2 rings (SSSR count). The van der Waals surface area contributed by atoms with Crippen molar-refractivity contribution >= 4 is 11.8 Å². The lowest BCUT2D eigenvalue weighted by molar-refractivity contribution is -0.138. The standard InChI is InChI=1S/C17H21F3N2O2/c18-17(19,20)13-7-4-12(5-8-13)6-9-16(24)22-10-2-1-3-14(22)11-15(21)23/h4-5,7-8,14H,1-3,6,9-11H2,(H2,21,23)/t14-/m1/s1. The summed E-state index contributed by atoms with van der Waals surface area (Å²) in [5, 5.41) is 0. The molecule has 1 fully saturated rings. The lowest BCUT2D eigenvalue weighted by Gasteiger charge is -2.35. The maximum atomic E-state index is 12.5. The number of carbonyl (C=O) groups is 2. The van der Waals surface area contributed by atoms with Crippen LogP contribution in [0.15, 0.2) is 24.3 Å². The van der Waals surface area contributed by atoms with Crippen molar-refractivity contribution in [2.45, 2.75) is 50.7 Å². The van der Waals surface area contributed by atoms with Gasteiger partial charge in [-0.1, -0.05) is 12.1 Å². The second kappa shape index (κ2) is 7.68. The summed E-state index contributed by atoms with van der Waals surface area (Å²) in [6.07, 6.45) is -1.01. The molecule has 0 spiro atoms. The number of amides is 2. The first kappa shape index (κ1) is 18.3. The van der Waals surface area contributed by atoms with E-state index in [-0.39, 0.29) is 24.8 Å². The van der Waals surface area contributed by atoms with Crippen molar-refractivity contribution in [2.75, 3.05) is 6.54 Å². The zero-order valence-corrected chi connectivity index (χ0v) is 13.3. The Bertz CT molecular complexity index is 584. The minimum atomic E-state index is -4.36. The summed E-state index contributed by atoms with van der Waals surface area (Å²) in [7, 11) is 0. The SMILES string of the molecule is NC(=O)C[C@H]1CCCCN1C(=O)CCc1ccc(C(F)(F)F)cc1. The van der Waals surface area contributed by atoms with E-state index in [2.05, 4.69) is 0 Å². The number of alkyl halides is 3. The molecule has 2 N–H and O–H groups in total. The Labute approximate surface area is 138 Å². The molecule has 132 valence electrons. The van der Waals surface area contributed by atoms with Crippen LogP contribution in [0.4, 0.5) is 13.2 Å². The molecule has 4 nitrogen and oxygen atoms in total. The number of benzene rings is 1. The fraction of sp³-hybridized carbons (Fsp3) is 0.529. The number of primary amides is 1. The van der Waals surface area contributed by atoms with Gasteiger partial charge in [0, 0.05) is 25.4 Å². The highest BCUT2D eigenvalue weighted by atomic mass is 19.4. The van der Waals surface area contributed by atoms with E-state index in [4.69, 9.17) is 5.73 Å². The molecule has 0 aromatic heterocycles. The van der Waals surface area contributed by atoms with Crippen LogP contribution in [-0.2, 0) is 22.2 Å². The first-order valence-corrected chi connectivity index (χ1v) is 8.01. The Kier molecular flexibility index (Phi) is 5.85. The third-order valence-corrected chi connectivity index (χ3v) is 4.29. The molecule has 0 saturated carbocycles. The molecule has 24 heavy (non-hydrogen) atoms. The highest BCUT2D eigenvalue weighted by Crippen LogP contribution is 2.29. The van der Waals surface area contributed by atoms with Gasteiger partial charge in [-0.3, -0.25) is 9.59 Å². The third kappa shape index (κ3) is 4.97. The van der Waals surface area contributed by atoms with E-state index in [1.807, 2.05) is 0 Å². The second-order valence-corrected chi connectivity index (χ2v) is 6.10. The molecule has 1 heterocycles. The van der Waals surface area contributed by atoms with E-state index in [0.29, 0.717) is 18.5 Å². The molecule has 1 aliphatic rings. The molecular formula is C17H21F3N2O2. The topological polar surface area (TPSA) is 63.4 Å². The van der Waals surface area contributed by atoms with Crippen LogP contribution in [0, 0.1) is 0 Å². The van der Waals surface area contributed by atoms with Gasteiger partial charge in [0.15, 0.2) is 0 Å². The number of hydrogen-bond donors (Lipinski definition) is 1. The summed E-state index contributed by atoms with van der Waals surface area (Å²) in [5.41, 5.74) is 5.21. The van der Waals surface area contributed by atoms with Crippen LogP contribution in [-0.4, -0.2) is 29.3 Å². The van der Waals surface area contributed by atoms with Gasteiger partial charge in [0.05, 0.1) is 5.56 Å². The molecule has 1 aliphatic heterocycles. The van der Waals surface area contributed by atoms with Crippen LogP contribution < -0.4 is 5.73 Å². The number of rotatable bonds is 5. The monoisotopic (exact) mass is 342 g/mol. The lowest BCUT2D eigenvalue weighted by Crippen LogP contribution is -2.45. The minimum absolute atomic E-state index is 0.0825. The average molecular weight is 342 g/mol. The van der Waals surface area contributed by atoms with Gasteiger partial charge in [0.25, 0.3) is 0 Å². The van der Waals surface area contributed by atoms with Crippen LogP contribution in [0.1, 0.15) is 43.2 Å². The number of carbonyl (C=O) groups excluding carboxylic acids is 2. The quantitative estimate of drug-likeness (QED) is 0.894. The molecule has 1 aromatic carbocycles. The summed E-state index contributed by atoms with van der Waals surface area (Å²) in [4.78, 5) is 25.2. The van der Waals surface area contributed by atoms with Gasteiger partial charge in [0.2, 0.25) is 11.8 Å². The third-order valence-electron chi connectivity index (χ3n) is 4.29. The molecule has 1 atom stereocenters. The van der Waals surface area contributed by atoms with Crippen LogP contribution >= 0.6 is 0 Å². The molecule has 1 aromatic rings. The Morgan fingerprint density at radius 1 is 1.17 bits per heavy atom. The fourth-order valence-electron chi connectivity index (χ4n) is 3.03. The van der Waals surface area contributed by atoms with Gasteiger partial charge in [-0.2, -0.15) is 13.2 Å². The summed E-state index contributed by atoms with van der Waals surface area (Å²) in [6, 6.07) is 4.68. The van der Waals surface area contributed by atoms with Crippen molar-refractivity contribution < 1.29 is 22.8 Å². The molecule has 0 unspecified atom stereocenters. The van der Waals surface area contributed by atoms with Crippen molar-refractivity contribution in [3.63, 3.8) is 0 Å². The first-order valence-electron chi connectivity index (χ1n) is 8.01. The maximum Gasteiger partial charge on any atom is 0.416 e. The van der Waals surface area contributed by atoms with E-state index >= 15 is 0 Å². The van der Waals surface area contributed by atoms with E-state index < -0.39 is 17.6 Å². The lowest BCUT2D eigenvalue weighted by atomic mass is 9.98. The largest absolute Gasteiger partial charge is 0.416 e. The Balaban J connectivity index is 1.92. The molecule has 2 amide bonds. The molecule has 0 radical (unpaired) electrons. The summed E-state index contributed by atoms with van der Waals surface area (Å²) in [6.45, 7) is 0.601. The number of hydrogen-bond acceptors (Lipinski definition) is 2. The van der Waals surface area contributed by atoms with E-state index in [0.717, 1.165) is 31.4 Å². The molecular weight excluding hydrogens is 321 g/mol. The van der Waals surface area contributed by atoms with Crippen molar-refractivity contribution in [1.82, 2.24) is 4.90 Å². The predicted octanol–water partition coefficient (Wildman–Crippen LogP) is 2.89. The normalized spacial score (nSPS) is 18.5. The van der Waals surface area contributed by atoms with Crippen LogP contribution in [0.3, 0.4) is 0 Å². The number of likely N-dealkylation sites (tertiary alicyclic amines) is 1. The van der Waals surface area contributed by atoms with Gasteiger partial charge < -0.3 is 10.6 Å². The highest BCUT2D eigenvalue weighted by molar-refractivity contribution is 5.79. The minimum Gasteiger partial charge on any atom is -0.370 e. The van der Waals surface area contributed by atoms with Gasteiger partial charge >= 0.3 is 6.18 Å². The van der Waals surface area contributed by atoms with Crippen molar-refractivity contribution in [3.05, 3.63) is 35.4 Å². The van der Waals surface area contributed by atoms with Crippen molar-refractivity contribution in [2.24, 2.45) is 5.73 Å². The maximum absolute atomic E-state index is 12.5. The predicted molar refractivity (Wildman–Crippen MR) is 82.9 cm³/mol. The Morgan fingerprint density at radius 2 is 1.83 bits per heavy atom. The number of piperidine rings is 1. The molecule has 7 heteroatoms. The smallest absolute Gasteiger partial charge is 0.370 e. The summed E-state index contributed by atoms with van der Waals surface area (Å²) in [5.74, 6) is -0.511. The van der Waals surface area contributed by atoms with Gasteiger partial charge in [-0.05, 0) is 43.4 Å². The molecule has 0 aliphatic carbocycles. The first-order chi connectivity index (χ1) is 11.3. The zero-order valence-electron chi connectivity index (χ0n) is 13.3. The Morgan fingerprint density at radius 3 is 2.42 bits per heavy atom. The summed E-state index contributed by atoms with van der Waals surface area (Å²) < 4.78 is 37.6. The number of nitrogens with zero attached hydrogens (tertiary/aromatic N) is 1. The van der Waals surface area contributed by atoms with Crippen molar-refractivity contribution in [3.8, 4) is 0 Å². The van der Waals surface area contributed by atoms with E-state index in [1.165, 1.54) is 12.1 Å². The Hall–Kier alpha value is -2.05. The van der Waals surface area contributed by atoms with E-state index in [9.17, 15) is 22.8 Å². The number of aryl methyl sites for hydroxylation is 1.